The SMILES string of the molecule is CCCCOC(=O)NC[C@H]1CC[C@H](C(=O)O)CC1. The molecule has 1 aliphatic rings. The predicted molar refractivity (Wildman–Crippen MR) is 67.3 cm³/mol. The van der Waals surface area contributed by atoms with E-state index in [1.807, 2.05) is 6.92 Å². The molecular formula is C13H23NO4. The molecule has 0 unspecified atom stereocenters. The lowest BCUT2D eigenvalue weighted by molar-refractivity contribution is -0.143. The van der Waals surface area contributed by atoms with Crippen LogP contribution < -0.4 is 5.32 Å². The number of hydrogen-bond acceptors (Lipinski definition) is 3. The standard InChI is InChI=1S/C13H23NO4/c1-2-3-8-18-13(17)14-9-10-4-6-11(7-5-10)12(15)16/h10-11H,2-9H2,1H3,(H,14,17)(H,15,16)/t10-,11-. The predicted octanol–water partition coefficient (Wildman–Crippen LogP) is 2.40. The second kappa shape index (κ2) is 7.95. The first-order valence-electron chi connectivity index (χ1n) is 6.77. The van der Waals surface area contributed by atoms with Crippen LogP contribution >= 0.6 is 0 Å². The van der Waals surface area contributed by atoms with Crippen molar-refractivity contribution in [2.75, 3.05) is 13.2 Å². The van der Waals surface area contributed by atoms with Crippen molar-refractivity contribution < 1.29 is 19.4 Å². The van der Waals surface area contributed by atoms with E-state index >= 15 is 0 Å². The number of ether oxygens (including phenoxy) is 1. The van der Waals surface area contributed by atoms with Crippen LogP contribution in [0.2, 0.25) is 0 Å². The average molecular weight is 257 g/mol. The minimum Gasteiger partial charge on any atom is -0.481 e. The molecule has 0 radical (unpaired) electrons. The van der Waals surface area contributed by atoms with Crippen LogP contribution in [0.1, 0.15) is 45.4 Å². The van der Waals surface area contributed by atoms with Crippen molar-refractivity contribution in [3.63, 3.8) is 0 Å². The van der Waals surface area contributed by atoms with Crippen LogP contribution in [-0.2, 0) is 9.53 Å². The second-order valence-electron chi connectivity index (χ2n) is 4.93. The van der Waals surface area contributed by atoms with E-state index < -0.39 is 5.97 Å². The Morgan fingerprint density at radius 3 is 2.50 bits per heavy atom. The van der Waals surface area contributed by atoms with Crippen LogP contribution in [-0.4, -0.2) is 30.3 Å². The third-order valence-corrected chi connectivity index (χ3v) is 3.46. The minimum absolute atomic E-state index is 0.197. The van der Waals surface area contributed by atoms with Gasteiger partial charge in [-0.15, -0.1) is 0 Å². The highest BCUT2D eigenvalue weighted by atomic mass is 16.5. The van der Waals surface area contributed by atoms with E-state index in [0.29, 0.717) is 31.9 Å². The largest absolute Gasteiger partial charge is 0.481 e. The zero-order valence-electron chi connectivity index (χ0n) is 11.0. The van der Waals surface area contributed by atoms with E-state index in [4.69, 9.17) is 9.84 Å². The monoisotopic (exact) mass is 257 g/mol. The zero-order valence-corrected chi connectivity index (χ0v) is 11.0. The summed E-state index contributed by atoms with van der Waals surface area (Å²) in [6.45, 7) is 3.10. The summed E-state index contributed by atoms with van der Waals surface area (Å²) in [6, 6.07) is 0. The molecule has 2 N–H and O–H groups in total. The molecule has 0 aliphatic heterocycles. The van der Waals surface area contributed by atoms with Gasteiger partial charge in [-0.1, -0.05) is 13.3 Å². The Morgan fingerprint density at radius 1 is 1.28 bits per heavy atom. The van der Waals surface area contributed by atoms with Crippen LogP contribution in [0.5, 0.6) is 0 Å². The molecule has 1 rings (SSSR count). The molecule has 0 bridgehead atoms. The maximum absolute atomic E-state index is 11.3. The Bertz CT molecular complexity index is 272. The summed E-state index contributed by atoms with van der Waals surface area (Å²) in [6.07, 6.45) is 4.70. The lowest BCUT2D eigenvalue weighted by Crippen LogP contribution is -2.32. The molecule has 18 heavy (non-hydrogen) atoms. The van der Waals surface area contributed by atoms with Crippen molar-refractivity contribution in [3.8, 4) is 0 Å². The summed E-state index contributed by atoms with van der Waals surface area (Å²) in [5.41, 5.74) is 0. The van der Waals surface area contributed by atoms with Crippen LogP contribution in [0, 0.1) is 11.8 Å². The molecule has 0 aromatic carbocycles. The Hall–Kier alpha value is -1.26. The number of nitrogens with one attached hydrogen (secondary N) is 1. The van der Waals surface area contributed by atoms with E-state index in [-0.39, 0.29) is 12.0 Å². The molecule has 0 spiro atoms. The van der Waals surface area contributed by atoms with Crippen molar-refractivity contribution in [3.05, 3.63) is 0 Å². The Labute approximate surface area is 108 Å². The number of unbranched alkanes of at least 4 members (excludes halogenated alkanes) is 1. The van der Waals surface area contributed by atoms with E-state index in [1.54, 1.807) is 0 Å². The molecule has 5 heteroatoms. The number of alkyl carbamates (subject to hydrolysis) is 1. The molecule has 0 aromatic heterocycles. The van der Waals surface area contributed by atoms with Gasteiger partial charge in [0.2, 0.25) is 0 Å². The fourth-order valence-corrected chi connectivity index (χ4v) is 2.20. The number of carbonyl (C=O) groups is 2. The highest BCUT2D eigenvalue weighted by Crippen LogP contribution is 2.28. The van der Waals surface area contributed by atoms with Crippen molar-refractivity contribution in [2.45, 2.75) is 45.4 Å². The normalized spacial score (nSPS) is 23.4. The van der Waals surface area contributed by atoms with Gasteiger partial charge in [0, 0.05) is 6.54 Å². The summed E-state index contributed by atoms with van der Waals surface area (Å²) in [4.78, 5) is 22.1. The van der Waals surface area contributed by atoms with Gasteiger partial charge in [-0.05, 0) is 38.0 Å². The van der Waals surface area contributed by atoms with Crippen LogP contribution in [0.25, 0.3) is 0 Å². The summed E-state index contributed by atoms with van der Waals surface area (Å²) in [7, 11) is 0. The highest BCUT2D eigenvalue weighted by Gasteiger charge is 2.25. The van der Waals surface area contributed by atoms with Gasteiger partial charge >= 0.3 is 12.1 Å². The summed E-state index contributed by atoms with van der Waals surface area (Å²) >= 11 is 0. The summed E-state index contributed by atoms with van der Waals surface area (Å²) in [5.74, 6) is -0.502. The van der Waals surface area contributed by atoms with E-state index in [9.17, 15) is 9.59 Å². The number of amides is 1. The molecule has 1 amide bonds. The minimum atomic E-state index is -0.694. The molecule has 0 atom stereocenters. The smallest absolute Gasteiger partial charge is 0.407 e. The molecule has 1 saturated carbocycles. The average Bonchev–Trinajstić information content (AvgIpc) is 2.37. The van der Waals surface area contributed by atoms with Crippen LogP contribution in [0.4, 0.5) is 4.79 Å². The van der Waals surface area contributed by atoms with Crippen molar-refractivity contribution >= 4 is 12.1 Å². The first-order valence-corrected chi connectivity index (χ1v) is 6.77. The summed E-state index contributed by atoms with van der Waals surface area (Å²) < 4.78 is 4.99. The van der Waals surface area contributed by atoms with Gasteiger partial charge < -0.3 is 15.2 Å². The van der Waals surface area contributed by atoms with Gasteiger partial charge in [-0.25, -0.2) is 4.79 Å². The lowest BCUT2D eigenvalue weighted by Gasteiger charge is -2.25. The first kappa shape index (κ1) is 14.8. The van der Waals surface area contributed by atoms with Crippen LogP contribution in [0.3, 0.4) is 0 Å². The zero-order chi connectivity index (χ0) is 13.4. The van der Waals surface area contributed by atoms with Gasteiger partial charge in [0.15, 0.2) is 0 Å². The second-order valence-corrected chi connectivity index (χ2v) is 4.93. The maximum Gasteiger partial charge on any atom is 0.407 e. The molecule has 104 valence electrons. The number of aliphatic carboxylic acids is 1. The first-order chi connectivity index (χ1) is 8.63. The number of hydrogen-bond donors (Lipinski definition) is 2. The molecular weight excluding hydrogens is 234 g/mol. The Morgan fingerprint density at radius 2 is 1.94 bits per heavy atom. The van der Waals surface area contributed by atoms with E-state index in [1.165, 1.54) is 0 Å². The van der Waals surface area contributed by atoms with Gasteiger partial charge in [0.25, 0.3) is 0 Å². The fraction of sp³-hybridized carbons (Fsp3) is 0.846. The van der Waals surface area contributed by atoms with E-state index in [2.05, 4.69) is 5.32 Å². The van der Waals surface area contributed by atoms with Crippen molar-refractivity contribution in [1.29, 1.82) is 0 Å². The Balaban J connectivity index is 2.10. The van der Waals surface area contributed by atoms with Gasteiger partial charge in [-0.3, -0.25) is 4.79 Å². The molecule has 0 heterocycles. The molecule has 5 nitrogen and oxygen atoms in total. The van der Waals surface area contributed by atoms with Crippen molar-refractivity contribution in [1.82, 2.24) is 5.32 Å². The van der Waals surface area contributed by atoms with Gasteiger partial charge in [0.1, 0.15) is 0 Å². The van der Waals surface area contributed by atoms with Crippen LogP contribution in [0.15, 0.2) is 0 Å². The highest BCUT2D eigenvalue weighted by molar-refractivity contribution is 5.70. The molecule has 0 aromatic rings. The third kappa shape index (κ3) is 5.38. The van der Waals surface area contributed by atoms with Gasteiger partial charge in [0.05, 0.1) is 12.5 Å². The Kier molecular flexibility index (Phi) is 6.54. The third-order valence-electron chi connectivity index (χ3n) is 3.46. The quantitative estimate of drug-likeness (QED) is 0.716. The van der Waals surface area contributed by atoms with Crippen molar-refractivity contribution in [2.24, 2.45) is 11.8 Å². The maximum atomic E-state index is 11.3. The molecule has 1 aliphatic carbocycles. The van der Waals surface area contributed by atoms with Gasteiger partial charge in [-0.2, -0.15) is 0 Å². The molecule has 0 saturated heterocycles. The summed E-state index contributed by atoms with van der Waals surface area (Å²) in [5, 5.41) is 11.6. The van der Waals surface area contributed by atoms with E-state index in [0.717, 1.165) is 25.7 Å². The fourth-order valence-electron chi connectivity index (χ4n) is 2.20. The number of carbonyl (C=O) groups excluding carboxylic acids is 1. The number of rotatable bonds is 6. The molecule has 1 fully saturated rings. The topological polar surface area (TPSA) is 75.6 Å². The number of carboxylic acids is 1. The number of carboxylic acid groups (broad SMARTS) is 1. The lowest BCUT2D eigenvalue weighted by atomic mass is 9.82.